The maximum atomic E-state index is 11.7. The second-order valence-electron chi connectivity index (χ2n) is 4.52. The first-order chi connectivity index (χ1) is 8.06. The van der Waals surface area contributed by atoms with E-state index >= 15 is 0 Å². The third kappa shape index (κ3) is 2.88. The molecule has 0 radical (unpaired) electrons. The summed E-state index contributed by atoms with van der Waals surface area (Å²) in [5.74, 6) is 0.390. The maximum Gasteiger partial charge on any atom is 0.239 e. The molecule has 0 spiro atoms. The summed E-state index contributed by atoms with van der Waals surface area (Å²) in [6, 6.07) is 7.94. The van der Waals surface area contributed by atoms with E-state index in [4.69, 9.17) is 0 Å². The first kappa shape index (κ1) is 12.2. The highest BCUT2D eigenvalue weighted by Crippen LogP contribution is 2.27. The summed E-state index contributed by atoms with van der Waals surface area (Å²) in [7, 11) is 0. The monoisotopic (exact) mass is 248 g/mol. The summed E-state index contributed by atoms with van der Waals surface area (Å²) in [6.07, 6.45) is 0. The van der Waals surface area contributed by atoms with E-state index in [9.17, 15) is 4.79 Å². The number of carbonyl (C=O) groups is 1. The van der Waals surface area contributed by atoms with Crippen molar-refractivity contribution in [1.29, 1.82) is 0 Å². The third-order valence-electron chi connectivity index (χ3n) is 2.60. The number of aliphatic imine (C=N–C) groups is 1. The highest BCUT2D eigenvalue weighted by Gasteiger charge is 2.32. The molecule has 1 aromatic rings. The zero-order chi connectivity index (χ0) is 12.4. The van der Waals surface area contributed by atoms with Gasteiger partial charge in [0.25, 0.3) is 0 Å². The van der Waals surface area contributed by atoms with E-state index in [0.717, 1.165) is 5.69 Å². The Bertz CT molecular complexity index is 451. The van der Waals surface area contributed by atoms with Crippen LogP contribution in [0.2, 0.25) is 0 Å². The number of nitrogens with zero attached hydrogens (tertiary/aromatic N) is 1. The minimum absolute atomic E-state index is 0.0146. The van der Waals surface area contributed by atoms with Crippen LogP contribution < -0.4 is 5.32 Å². The standard InChI is InChI=1S/C13H16N2OS/c1-8(2)11-12(16)15-13(17-11)14-10-6-4-9(3)5-7-10/h4-8,11H,1-3H3,(H,14,15,16). The van der Waals surface area contributed by atoms with E-state index in [2.05, 4.69) is 10.3 Å². The number of amidine groups is 1. The van der Waals surface area contributed by atoms with Crippen LogP contribution in [0.25, 0.3) is 0 Å². The summed E-state index contributed by atoms with van der Waals surface area (Å²) in [6.45, 7) is 6.13. The molecular formula is C13H16N2OS. The van der Waals surface area contributed by atoms with Crippen molar-refractivity contribution < 1.29 is 4.79 Å². The van der Waals surface area contributed by atoms with Gasteiger partial charge in [-0.25, -0.2) is 4.99 Å². The molecule has 1 unspecified atom stereocenters. The van der Waals surface area contributed by atoms with Crippen LogP contribution in [0.3, 0.4) is 0 Å². The number of benzene rings is 1. The van der Waals surface area contributed by atoms with Gasteiger partial charge in [0.05, 0.1) is 10.9 Å². The molecule has 1 aliphatic heterocycles. The Morgan fingerprint density at radius 1 is 1.29 bits per heavy atom. The molecular weight excluding hydrogens is 232 g/mol. The Morgan fingerprint density at radius 3 is 2.47 bits per heavy atom. The van der Waals surface area contributed by atoms with E-state index in [1.54, 1.807) is 0 Å². The Labute approximate surface area is 106 Å². The molecule has 17 heavy (non-hydrogen) atoms. The smallest absolute Gasteiger partial charge is 0.239 e. The summed E-state index contributed by atoms with van der Waals surface area (Å²) >= 11 is 1.52. The number of rotatable bonds is 2. The number of amides is 1. The van der Waals surface area contributed by atoms with Gasteiger partial charge < -0.3 is 5.32 Å². The maximum absolute atomic E-state index is 11.7. The molecule has 0 bridgehead atoms. The summed E-state index contributed by atoms with van der Waals surface area (Å²) in [5.41, 5.74) is 2.08. The summed E-state index contributed by atoms with van der Waals surface area (Å²) in [4.78, 5) is 16.1. The molecule has 1 fully saturated rings. The zero-order valence-electron chi connectivity index (χ0n) is 10.2. The van der Waals surface area contributed by atoms with Crippen LogP contribution in [0.15, 0.2) is 29.3 Å². The quantitative estimate of drug-likeness (QED) is 0.874. The van der Waals surface area contributed by atoms with Gasteiger partial charge >= 0.3 is 0 Å². The van der Waals surface area contributed by atoms with Gasteiger partial charge in [-0.3, -0.25) is 4.79 Å². The lowest BCUT2D eigenvalue weighted by atomic mass is 10.1. The zero-order valence-corrected chi connectivity index (χ0v) is 11.0. The molecule has 90 valence electrons. The van der Waals surface area contributed by atoms with Crippen LogP contribution in [-0.4, -0.2) is 16.3 Å². The molecule has 1 atom stereocenters. The van der Waals surface area contributed by atoms with Crippen LogP contribution in [0.1, 0.15) is 19.4 Å². The van der Waals surface area contributed by atoms with Crippen molar-refractivity contribution in [3.63, 3.8) is 0 Å². The van der Waals surface area contributed by atoms with Gasteiger partial charge in [-0.1, -0.05) is 43.3 Å². The average molecular weight is 248 g/mol. The molecule has 1 aliphatic rings. The van der Waals surface area contributed by atoms with E-state index in [1.807, 2.05) is 45.0 Å². The molecule has 1 N–H and O–H groups in total. The van der Waals surface area contributed by atoms with Crippen LogP contribution in [0.5, 0.6) is 0 Å². The number of aryl methyl sites for hydroxylation is 1. The normalized spacial score (nSPS) is 22.2. The molecule has 4 heteroatoms. The van der Waals surface area contributed by atoms with Crippen molar-refractivity contribution >= 4 is 28.5 Å². The molecule has 2 rings (SSSR count). The lowest BCUT2D eigenvalue weighted by molar-refractivity contribution is -0.119. The van der Waals surface area contributed by atoms with Crippen molar-refractivity contribution in [2.75, 3.05) is 0 Å². The second kappa shape index (κ2) is 4.92. The molecule has 1 aromatic carbocycles. The molecule has 1 heterocycles. The van der Waals surface area contributed by atoms with Crippen molar-refractivity contribution in [3.8, 4) is 0 Å². The minimum Gasteiger partial charge on any atom is -0.304 e. The number of carbonyl (C=O) groups excluding carboxylic acids is 1. The van der Waals surface area contributed by atoms with Crippen molar-refractivity contribution in [1.82, 2.24) is 5.32 Å². The lowest BCUT2D eigenvalue weighted by Crippen LogP contribution is -2.27. The topological polar surface area (TPSA) is 41.5 Å². The predicted molar refractivity (Wildman–Crippen MR) is 72.6 cm³/mol. The molecule has 1 amide bonds. The Kier molecular flexibility index (Phi) is 3.52. The van der Waals surface area contributed by atoms with E-state index in [-0.39, 0.29) is 11.2 Å². The van der Waals surface area contributed by atoms with Crippen LogP contribution in [0.4, 0.5) is 5.69 Å². The number of thioether (sulfide) groups is 1. The van der Waals surface area contributed by atoms with Crippen molar-refractivity contribution in [3.05, 3.63) is 29.8 Å². The molecule has 3 nitrogen and oxygen atoms in total. The fourth-order valence-electron chi connectivity index (χ4n) is 1.61. The first-order valence-electron chi connectivity index (χ1n) is 5.69. The highest BCUT2D eigenvalue weighted by molar-refractivity contribution is 8.15. The second-order valence-corrected chi connectivity index (χ2v) is 5.65. The molecule has 0 aliphatic carbocycles. The molecule has 0 aromatic heterocycles. The Balaban J connectivity index is 2.14. The third-order valence-corrected chi connectivity index (χ3v) is 4.03. The van der Waals surface area contributed by atoms with Crippen LogP contribution in [0, 0.1) is 12.8 Å². The largest absolute Gasteiger partial charge is 0.304 e. The van der Waals surface area contributed by atoms with Crippen LogP contribution in [-0.2, 0) is 4.79 Å². The highest BCUT2D eigenvalue weighted by atomic mass is 32.2. The van der Waals surface area contributed by atoms with Gasteiger partial charge in [0.15, 0.2) is 5.17 Å². The van der Waals surface area contributed by atoms with Crippen molar-refractivity contribution in [2.24, 2.45) is 10.9 Å². The minimum atomic E-state index is -0.0146. The van der Waals surface area contributed by atoms with Crippen molar-refractivity contribution in [2.45, 2.75) is 26.0 Å². The van der Waals surface area contributed by atoms with Gasteiger partial charge in [-0.05, 0) is 25.0 Å². The Hall–Kier alpha value is -1.29. The molecule has 1 saturated heterocycles. The van der Waals surface area contributed by atoms with E-state index < -0.39 is 0 Å². The van der Waals surface area contributed by atoms with E-state index in [1.165, 1.54) is 17.3 Å². The van der Waals surface area contributed by atoms with Gasteiger partial charge in [-0.15, -0.1) is 0 Å². The van der Waals surface area contributed by atoms with Crippen LogP contribution >= 0.6 is 11.8 Å². The SMILES string of the molecule is Cc1ccc(N=C2NC(=O)C(C(C)C)S2)cc1. The van der Waals surface area contributed by atoms with Gasteiger partial charge in [0, 0.05) is 0 Å². The first-order valence-corrected chi connectivity index (χ1v) is 6.57. The summed E-state index contributed by atoms with van der Waals surface area (Å²) in [5, 5.41) is 3.51. The number of hydrogen-bond acceptors (Lipinski definition) is 3. The van der Waals surface area contributed by atoms with Gasteiger partial charge in [0.1, 0.15) is 0 Å². The fraction of sp³-hybridized carbons (Fsp3) is 0.385. The number of hydrogen-bond donors (Lipinski definition) is 1. The molecule has 0 saturated carbocycles. The van der Waals surface area contributed by atoms with Gasteiger partial charge in [-0.2, -0.15) is 0 Å². The lowest BCUT2D eigenvalue weighted by Gasteiger charge is -2.07. The average Bonchev–Trinajstić information content (AvgIpc) is 2.63. The summed E-state index contributed by atoms with van der Waals surface area (Å²) < 4.78 is 0. The number of nitrogens with one attached hydrogen (secondary N) is 1. The fourth-order valence-corrected chi connectivity index (χ4v) is 2.61. The van der Waals surface area contributed by atoms with E-state index in [0.29, 0.717) is 11.1 Å². The Morgan fingerprint density at radius 2 is 1.94 bits per heavy atom. The predicted octanol–water partition coefficient (Wildman–Crippen LogP) is 2.87. The van der Waals surface area contributed by atoms with Gasteiger partial charge in [0.2, 0.25) is 5.91 Å².